The van der Waals surface area contributed by atoms with Crippen molar-refractivity contribution in [3.8, 4) is 0 Å². The third kappa shape index (κ3) is 3.90. The van der Waals surface area contributed by atoms with E-state index in [0.29, 0.717) is 0 Å². The van der Waals surface area contributed by atoms with Crippen LogP contribution in [-0.4, -0.2) is 64.7 Å². The fourth-order valence-corrected chi connectivity index (χ4v) is 2.61. The normalized spacial score (nSPS) is 28.6. The Morgan fingerprint density at radius 2 is 1.48 bits per heavy atom. The zero-order valence-electron chi connectivity index (χ0n) is 13.5. The quantitative estimate of drug-likeness (QED) is 0.299. The molecule has 0 atom stereocenters. The average Bonchev–Trinajstić information content (AvgIpc) is 2.47. The van der Waals surface area contributed by atoms with Gasteiger partial charge in [0, 0.05) is 12.8 Å². The van der Waals surface area contributed by atoms with Crippen LogP contribution in [0.2, 0.25) is 0 Å². The lowest BCUT2D eigenvalue weighted by Crippen LogP contribution is -2.63. The summed E-state index contributed by atoms with van der Waals surface area (Å²) in [4.78, 5) is 23.7. The van der Waals surface area contributed by atoms with E-state index in [2.05, 4.69) is 0 Å². The molecule has 0 aromatic rings. The Bertz CT molecular complexity index is 524. The molecule has 1 fully saturated rings. The number of aliphatic hydroxyl groups is 1. The first-order valence-corrected chi connectivity index (χ1v) is 7.21. The van der Waals surface area contributed by atoms with E-state index in [0.717, 1.165) is 7.05 Å². The number of rotatable bonds is 3. The van der Waals surface area contributed by atoms with E-state index in [1.807, 2.05) is 0 Å². The minimum absolute atomic E-state index is 0.0436. The molecule has 0 aliphatic carbocycles. The van der Waals surface area contributed by atoms with Crippen LogP contribution in [0.4, 0.5) is 26.3 Å². The maximum absolute atomic E-state index is 12.7. The molecule has 0 unspecified atom stereocenters. The Morgan fingerprint density at radius 3 is 1.80 bits per heavy atom. The number of likely N-dealkylation sites (tertiary alicyclic amines) is 1. The topological polar surface area (TPSA) is 86.6 Å². The van der Waals surface area contributed by atoms with E-state index in [-0.39, 0.29) is 25.9 Å². The molecule has 0 saturated carbocycles. The van der Waals surface area contributed by atoms with Crippen LogP contribution in [0.3, 0.4) is 0 Å². The zero-order valence-corrected chi connectivity index (χ0v) is 13.5. The molecule has 0 radical (unpaired) electrons. The molecule has 0 bridgehead atoms. The Balaban J connectivity index is 2.99. The Hall–Kier alpha value is -1.40. The standard InChI is InChI=1S/C13H18F6N2O4/c1-10(9(23)20-25)3-5-21(2,6-4-10)8(22)7-11(24,12(14,15)16)13(17,18)19/h24H,3-7H2,1-2H3,(H-,20,23,25)/p+1. The third-order valence-electron chi connectivity index (χ3n) is 4.91. The Morgan fingerprint density at radius 1 is 1.08 bits per heavy atom. The van der Waals surface area contributed by atoms with Gasteiger partial charge in [0.1, 0.15) is 6.42 Å². The zero-order chi connectivity index (χ0) is 19.9. The summed E-state index contributed by atoms with van der Waals surface area (Å²) >= 11 is 0. The van der Waals surface area contributed by atoms with E-state index in [1.165, 1.54) is 12.4 Å². The SMILES string of the molecule is CC1(C(=O)NO)CC[N+](C)(C(=O)CC(O)(C(F)(F)F)C(F)(F)F)CC1. The second-order valence-corrected chi connectivity index (χ2v) is 6.77. The molecule has 2 amide bonds. The van der Waals surface area contributed by atoms with E-state index in [4.69, 9.17) is 10.3 Å². The highest BCUT2D eigenvalue weighted by Crippen LogP contribution is 2.46. The molecule has 0 spiro atoms. The van der Waals surface area contributed by atoms with E-state index < -0.39 is 46.1 Å². The second kappa shape index (κ2) is 6.40. The Kier molecular flexibility index (Phi) is 5.54. The highest BCUT2D eigenvalue weighted by molar-refractivity contribution is 5.81. The molecule has 1 saturated heterocycles. The summed E-state index contributed by atoms with van der Waals surface area (Å²) in [6.45, 7) is 1.03. The molecule has 0 aromatic carbocycles. The number of nitrogens with one attached hydrogen (secondary N) is 1. The molecule has 1 rings (SSSR count). The number of halogens is 6. The van der Waals surface area contributed by atoms with Gasteiger partial charge in [-0.05, 0) is 0 Å². The van der Waals surface area contributed by atoms with E-state index >= 15 is 0 Å². The van der Waals surface area contributed by atoms with Gasteiger partial charge < -0.3 is 5.11 Å². The highest BCUT2D eigenvalue weighted by Gasteiger charge is 2.72. The molecule has 12 heteroatoms. The van der Waals surface area contributed by atoms with Crippen molar-refractivity contribution in [1.29, 1.82) is 0 Å². The largest absolute Gasteiger partial charge is 0.426 e. The van der Waals surface area contributed by atoms with Crippen LogP contribution in [0.5, 0.6) is 0 Å². The summed E-state index contributed by atoms with van der Waals surface area (Å²) in [6, 6.07) is 0. The van der Waals surface area contributed by atoms with Crippen LogP contribution in [0.15, 0.2) is 0 Å². The van der Waals surface area contributed by atoms with Crippen molar-refractivity contribution in [3.63, 3.8) is 0 Å². The van der Waals surface area contributed by atoms with Crippen molar-refractivity contribution in [2.75, 3.05) is 20.1 Å². The minimum atomic E-state index is -6.07. The van der Waals surface area contributed by atoms with Gasteiger partial charge in [0.15, 0.2) is 0 Å². The molecular weight excluding hydrogens is 362 g/mol. The summed E-state index contributed by atoms with van der Waals surface area (Å²) < 4.78 is 75.5. The number of carbonyl (C=O) groups is 2. The van der Waals surface area contributed by atoms with Gasteiger partial charge in [-0.15, -0.1) is 0 Å². The number of quaternary nitrogens is 1. The fraction of sp³-hybridized carbons (Fsp3) is 0.846. The average molecular weight is 381 g/mol. The number of hydroxylamine groups is 1. The minimum Gasteiger partial charge on any atom is -0.373 e. The smallest absolute Gasteiger partial charge is 0.373 e. The number of hydrogen-bond acceptors (Lipinski definition) is 4. The molecule has 1 heterocycles. The number of nitrogens with zero attached hydrogens (tertiary/aromatic N) is 1. The summed E-state index contributed by atoms with van der Waals surface area (Å²) in [5.74, 6) is -2.20. The van der Waals surface area contributed by atoms with Gasteiger partial charge in [-0.25, -0.2) is 10.3 Å². The molecule has 3 N–H and O–H groups in total. The van der Waals surface area contributed by atoms with Crippen LogP contribution >= 0.6 is 0 Å². The molecule has 1 aliphatic rings. The van der Waals surface area contributed by atoms with Gasteiger partial charge in [0.2, 0.25) is 5.91 Å². The monoisotopic (exact) mass is 381 g/mol. The lowest BCUT2D eigenvalue weighted by Gasteiger charge is -2.43. The maximum atomic E-state index is 12.7. The highest BCUT2D eigenvalue weighted by atomic mass is 19.4. The van der Waals surface area contributed by atoms with Crippen molar-refractivity contribution < 1.29 is 50.7 Å². The maximum Gasteiger partial charge on any atom is 0.426 e. The lowest BCUT2D eigenvalue weighted by molar-refractivity contribution is -0.843. The van der Waals surface area contributed by atoms with Gasteiger partial charge in [0.05, 0.1) is 25.6 Å². The Labute approximate surface area is 138 Å². The van der Waals surface area contributed by atoms with E-state index in [1.54, 1.807) is 0 Å². The van der Waals surface area contributed by atoms with Crippen LogP contribution in [0.25, 0.3) is 0 Å². The van der Waals surface area contributed by atoms with Gasteiger partial charge >= 0.3 is 18.3 Å². The number of alkyl halides is 6. The van der Waals surface area contributed by atoms with Crippen molar-refractivity contribution in [2.24, 2.45) is 5.41 Å². The van der Waals surface area contributed by atoms with Crippen LogP contribution in [0.1, 0.15) is 26.2 Å². The van der Waals surface area contributed by atoms with Crippen molar-refractivity contribution in [1.82, 2.24) is 5.48 Å². The fourth-order valence-electron chi connectivity index (χ4n) is 2.61. The predicted octanol–water partition coefficient (Wildman–Crippen LogP) is 1.51. The molecule has 0 aromatic heterocycles. The van der Waals surface area contributed by atoms with Gasteiger partial charge in [-0.2, -0.15) is 26.3 Å². The third-order valence-corrected chi connectivity index (χ3v) is 4.91. The molecule has 146 valence electrons. The molecule has 25 heavy (non-hydrogen) atoms. The summed E-state index contributed by atoms with van der Waals surface area (Å²) in [5, 5.41) is 17.8. The number of carbonyl (C=O) groups excluding carboxylic acids is 2. The van der Waals surface area contributed by atoms with Crippen LogP contribution in [0, 0.1) is 5.41 Å². The number of piperidine rings is 1. The molecule has 1 aliphatic heterocycles. The first-order valence-electron chi connectivity index (χ1n) is 7.21. The predicted molar refractivity (Wildman–Crippen MR) is 69.9 cm³/mol. The van der Waals surface area contributed by atoms with Crippen molar-refractivity contribution in [3.05, 3.63) is 0 Å². The van der Waals surface area contributed by atoms with Crippen LogP contribution in [-0.2, 0) is 9.59 Å². The lowest BCUT2D eigenvalue weighted by atomic mass is 9.78. The van der Waals surface area contributed by atoms with Crippen molar-refractivity contribution in [2.45, 2.75) is 44.1 Å². The summed E-state index contributed by atoms with van der Waals surface area (Å²) in [5.41, 5.74) is -4.80. The van der Waals surface area contributed by atoms with Crippen molar-refractivity contribution >= 4 is 11.8 Å². The summed E-state index contributed by atoms with van der Waals surface area (Å²) in [7, 11) is 1.14. The van der Waals surface area contributed by atoms with Gasteiger partial charge in [-0.1, -0.05) is 6.92 Å². The second-order valence-electron chi connectivity index (χ2n) is 6.77. The van der Waals surface area contributed by atoms with Gasteiger partial charge in [0.25, 0.3) is 5.60 Å². The number of amides is 2. The van der Waals surface area contributed by atoms with Gasteiger partial charge in [-0.3, -0.25) is 14.5 Å². The number of hydrogen-bond donors (Lipinski definition) is 3. The van der Waals surface area contributed by atoms with E-state index in [9.17, 15) is 35.9 Å². The first kappa shape index (κ1) is 21.6. The van der Waals surface area contributed by atoms with Crippen LogP contribution < -0.4 is 5.48 Å². The summed E-state index contributed by atoms with van der Waals surface area (Å²) in [6.07, 6.45) is -14.4. The molecular formula is C13H19F6N2O4+. The first-order chi connectivity index (χ1) is 11.0. The molecule has 6 nitrogen and oxygen atoms in total.